The Bertz CT molecular complexity index is 3550. The van der Waals surface area contributed by atoms with Crippen molar-refractivity contribution in [2.75, 3.05) is 0 Å². The SMILES string of the molecule is CC(C)(C)c1[c-]c2c(cc1)-c1ccc(C(C)(C)C)cc1C2.CC(C)(C)c1[c-]c2c(cc1)-c1ccc(C(C)(C)C)cc1C2.CCC(C)(C)C1=[C-]CC=C1.CCC(C)(C)C1=[C-]CC=C1.Cc1ccc([C](=[Zr+2])c2ccc(C)cc2)cc1.Cc1ccc([C](=[Zr+2])c2ccc(C)cc2)cc1.[Cl-].[Cl-]. The van der Waals surface area contributed by atoms with Crippen molar-refractivity contribution < 1.29 is 73.3 Å². The molecular weight excluding hydrogens is 1360 g/mol. The molecule has 12 rings (SSSR count). The number of aryl methyl sites for hydroxylation is 4. The van der Waals surface area contributed by atoms with Crippen LogP contribution in [0.1, 0.15) is 239 Å². The van der Waals surface area contributed by atoms with Crippen LogP contribution in [0.25, 0.3) is 22.3 Å². The maximum absolute atomic E-state index is 3.67. The van der Waals surface area contributed by atoms with E-state index in [0.29, 0.717) is 10.8 Å². The zero-order valence-corrected chi connectivity index (χ0v) is 68.7. The average molecular weight is 1470 g/mol. The van der Waals surface area contributed by atoms with E-state index in [4.69, 9.17) is 0 Å². The van der Waals surface area contributed by atoms with Crippen molar-refractivity contribution in [3.05, 3.63) is 306 Å². The van der Waals surface area contributed by atoms with Gasteiger partial charge in [-0.3, -0.25) is 12.2 Å². The second-order valence-corrected chi connectivity index (χ2v) is 34.2. The third-order valence-electron chi connectivity index (χ3n) is 18.9. The molecule has 500 valence electrons. The summed E-state index contributed by atoms with van der Waals surface area (Å²) in [7, 11) is 0. The molecule has 0 atom stereocenters. The molecule has 4 aliphatic rings. The van der Waals surface area contributed by atoms with Gasteiger partial charge in [0.25, 0.3) is 0 Å². The molecule has 0 saturated carbocycles. The summed E-state index contributed by atoms with van der Waals surface area (Å²) in [5.74, 6) is 0. The van der Waals surface area contributed by atoms with E-state index in [1.807, 2.05) is 0 Å². The fourth-order valence-corrected chi connectivity index (χ4v) is 13.0. The fourth-order valence-electron chi connectivity index (χ4n) is 11.4. The molecule has 8 aromatic carbocycles. The van der Waals surface area contributed by atoms with Gasteiger partial charge in [-0.25, -0.2) is 23.3 Å². The minimum atomic E-state index is 0. The summed E-state index contributed by atoms with van der Waals surface area (Å²) < 4.78 is 2.85. The molecule has 8 aromatic rings. The number of hydrogen-bond donors (Lipinski definition) is 0. The van der Waals surface area contributed by atoms with Crippen LogP contribution in [-0.4, -0.2) is 6.41 Å². The number of rotatable bonds is 8. The van der Waals surface area contributed by atoms with E-state index in [1.165, 1.54) is 190 Å². The molecule has 0 amide bonds. The Morgan fingerprint density at radius 2 is 0.625 bits per heavy atom. The van der Waals surface area contributed by atoms with Gasteiger partial charge in [0, 0.05) is 0 Å². The first kappa shape index (κ1) is 81.5. The summed E-state index contributed by atoms with van der Waals surface area (Å²) >= 11 is 2.93. The van der Waals surface area contributed by atoms with Crippen molar-refractivity contribution in [3.8, 4) is 22.3 Å². The topological polar surface area (TPSA) is 0 Å². The molecule has 4 aliphatic carbocycles. The summed E-state index contributed by atoms with van der Waals surface area (Å²) in [6, 6.07) is 65.4. The van der Waals surface area contributed by atoms with Crippen molar-refractivity contribution in [1.29, 1.82) is 0 Å². The van der Waals surface area contributed by atoms with Gasteiger partial charge in [0.15, 0.2) is 0 Å². The van der Waals surface area contributed by atoms with Crippen molar-refractivity contribution in [2.45, 2.75) is 213 Å². The van der Waals surface area contributed by atoms with Crippen LogP contribution in [0.15, 0.2) is 193 Å². The molecule has 0 nitrogen and oxygen atoms in total. The summed E-state index contributed by atoms with van der Waals surface area (Å²) in [4.78, 5) is 0. The molecule has 0 heterocycles. The van der Waals surface area contributed by atoms with Crippen LogP contribution in [0.2, 0.25) is 0 Å². The van der Waals surface area contributed by atoms with E-state index in [1.54, 1.807) is 0 Å². The Balaban J connectivity index is 0.000000212. The monoisotopic (exact) mass is 1460 g/mol. The Labute approximate surface area is 626 Å². The van der Waals surface area contributed by atoms with Crippen molar-refractivity contribution >= 4 is 6.41 Å². The van der Waals surface area contributed by atoms with Crippen LogP contribution in [0.3, 0.4) is 0 Å². The number of hydrogen-bond acceptors (Lipinski definition) is 0. The molecule has 0 aromatic heterocycles. The predicted octanol–water partition coefficient (Wildman–Crippen LogP) is 18.4. The molecule has 4 heteroatoms. The van der Waals surface area contributed by atoms with Gasteiger partial charge in [-0.2, -0.15) is 59.7 Å². The standard InChI is InChI=1S/2C21H25.2C15H14.2C10H15.2ClH.2Zr/c2*1-20(2,3)16-7-9-18-14(12-16)11-15-13-17(21(4,5)6)8-10-19(15)18;2*1-12-3-7-14(8-4-12)11-15-9-5-13(2)6-10-15;2*1-4-10(2,3)9-7-5-6-8-9;;;;/h2*7-10,12H,11H2,1-6H3;2*3-10H,1-2H3;2*5,7H,4,6H2,1-3H3;2*1H;;/q2*-1;;;2*-1;;;2*+2/p-2. The Kier molecular flexibility index (Phi) is 29.5. The Hall–Kier alpha value is -5.19. The second kappa shape index (κ2) is 34.7. The second-order valence-electron chi connectivity index (χ2n) is 31.7. The van der Waals surface area contributed by atoms with E-state index < -0.39 is 0 Å². The van der Waals surface area contributed by atoms with E-state index in [-0.39, 0.29) is 46.5 Å². The summed E-state index contributed by atoms with van der Waals surface area (Å²) in [5.41, 5.74) is 31.5. The van der Waals surface area contributed by atoms with E-state index >= 15 is 0 Å². The fraction of sp³-hybridized carbons (Fsp3) is 0.370. The maximum Gasteiger partial charge on any atom is -1.00 e. The number of benzene rings is 8. The summed E-state index contributed by atoms with van der Waals surface area (Å²) in [6.45, 7) is 49.2. The molecular formula is C92H108Cl2Zr2-2. The van der Waals surface area contributed by atoms with Crippen LogP contribution < -0.4 is 24.8 Å². The van der Waals surface area contributed by atoms with Gasteiger partial charge in [-0.05, 0) is 80.4 Å². The average Bonchev–Trinajstić information content (AvgIpc) is 1.65. The Morgan fingerprint density at radius 3 is 0.854 bits per heavy atom. The van der Waals surface area contributed by atoms with Gasteiger partial charge in [-0.1, -0.05) is 172 Å². The molecule has 0 saturated heterocycles. The molecule has 0 radical (unpaired) electrons. The first-order valence-electron chi connectivity index (χ1n) is 34.4. The van der Waals surface area contributed by atoms with Crippen molar-refractivity contribution in [3.63, 3.8) is 0 Å². The van der Waals surface area contributed by atoms with E-state index in [0.717, 1.165) is 25.7 Å². The van der Waals surface area contributed by atoms with Crippen molar-refractivity contribution in [1.82, 2.24) is 0 Å². The van der Waals surface area contributed by atoms with Gasteiger partial charge in [0.2, 0.25) is 0 Å². The third-order valence-corrected chi connectivity index (χ3v) is 21.7. The van der Waals surface area contributed by atoms with Gasteiger partial charge in [-0.15, -0.1) is 35.1 Å². The molecule has 0 aliphatic heterocycles. The predicted molar refractivity (Wildman–Crippen MR) is 402 cm³/mol. The number of fused-ring (bicyclic) bond motifs is 6. The van der Waals surface area contributed by atoms with E-state index in [2.05, 4.69) is 359 Å². The smallest absolute Gasteiger partial charge is 1.00 e. The summed E-state index contributed by atoms with van der Waals surface area (Å²) in [6.07, 6.45) is 21.9. The molecule has 0 unspecified atom stereocenters. The molecule has 0 N–H and O–H groups in total. The number of allylic oxidation sites excluding steroid dienone is 8. The van der Waals surface area contributed by atoms with Gasteiger partial charge in [0.1, 0.15) is 0 Å². The third kappa shape index (κ3) is 22.4. The minimum absolute atomic E-state index is 0. The summed E-state index contributed by atoms with van der Waals surface area (Å²) in [5, 5.41) is 0. The van der Waals surface area contributed by atoms with E-state index in [9.17, 15) is 0 Å². The van der Waals surface area contributed by atoms with Crippen molar-refractivity contribution in [2.24, 2.45) is 10.8 Å². The molecule has 96 heavy (non-hydrogen) atoms. The van der Waals surface area contributed by atoms with Crippen LogP contribution in [-0.2, 0) is 83.0 Å². The first-order chi connectivity index (χ1) is 44.0. The van der Waals surface area contributed by atoms with Crippen LogP contribution >= 0.6 is 0 Å². The molecule has 0 fully saturated rings. The van der Waals surface area contributed by atoms with Crippen LogP contribution in [0.5, 0.6) is 0 Å². The van der Waals surface area contributed by atoms with Gasteiger partial charge >= 0.3 is 224 Å². The minimum Gasteiger partial charge on any atom is -1.00 e. The molecule has 0 spiro atoms. The number of halogens is 2. The first-order valence-corrected chi connectivity index (χ1v) is 36.8. The molecule has 0 bridgehead atoms. The quantitative estimate of drug-likeness (QED) is 0.133. The Morgan fingerprint density at radius 1 is 0.354 bits per heavy atom. The largest absolute Gasteiger partial charge is 1.00 e. The van der Waals surface area contributed by atoms with Gasteiger partial charge < -0.3 is 24.8 Å². The van der Waals surface area contributed by atoms with Crippen LogP contribution in [0.4, 0.5) is 0 Å². The maximum atomic E-state index is 3.67. The zero-order chi connectivity index (χ0) is 69.1. The van der Waals surface area contributed by atoms with Crippen LogP contribution in [0, 0.1) is 62.8 Å². The normalized spacial score (nSPS) is 13.2. The zero-order valence-electron chi connectivity index (χ0n) is 62.3. The van der Waals surface area contributed by atoms with Gasteiger partial charge in [0.05, 0.1) is 0 Å².